The molecule has 0 saturated carbocycles. The van der Waals surface area contributed by atoms with Gasteiger partial charge in [0.05, 0.1) is 44.5 Å². The predicted octanol–water partition coefficient (Wildman–Crippen LogP) is 3.04. The van der Waals surface area contributed by atoms with Crippen LogP contribution in [0.1, 0.15) is 0 Å². The van der Waals surface area contributed by atoms with Crippen LogP contribution in [0.4, 0.5) is 11.4 Å². The molecule has 2 aromatic carbocycles. The van der Waals surface area contributed by atoms with Crippen molar-refractivity contribution in [1.29, 1.82) is 0 Å². The van der Waals surface area contributed by atoms with E-state index in [0.717, 1.165) is 32.8 Å². The van der Waals surface area contributed by atoms with Gasteiger partial charge in [-0.1, -0.05) is 0 Å². The summed E-state index contributed by atoms with van der Waals surface area (Å²) in [4.78, 5) is 18.6. The van der Waals surface area contributed by atoms with E-state index in [1.807, 2.05) is 24.3 Å². The summed E-state index contributed by atoms with van der Waals surface area (Å²) in [7, 11) is 0. The lowest BCUT2D eigenvalue weighted by atomic mass is 10.1. The maximum absolute atomic E-state index is 5.92. The number of fused-ring (bicyclic) bond motifs is 7. The third kappa shape index (κ3) is 1.65. The number of nitrogens with zero attached hydrogens (tertiary/aromatic N) is 4. The highest BCUT2D eigenvalue weighted by molar-refractivity contribution is 6.21. The zero-order valence-electron chi connectivity index (χ0n) is 12.6. The van der Waals surface area contributed by atoms with Crippen molar-refractivity contribution < 1.29 is 0 Å². The van der Waals surface area contributed by atoms with Crippen LogP contribution >= 0.6 is 0 Å². The maximum atomic E-state index is 5.92. The van der Waals surface area contributed by atoms with Gasteiger partial charge in [-0.2, -0.15) is 0 Å². The van der Waals surface area contributed by atoms with Gasteiger partial charge in [0, 0.05) is 23.2 Å². The van der Waals surface area contributed by atoms with Crippen molar-refractivity contribution in [2.75, 3.05) is 11.5 Å². The lowest BCUT2D eigenvalue weighted by Crippen LogP contribution is -1.98. The predicted molar refractivity (Wildman–Crippen MR) is 96.5 cm³/mol. The smallest absolute Gasteiger partial charge is 0.0996 e. The molecule has 4 N–H and O–H groups in total. The molecule has 3 heterocycles. The summed E-state index contributed by atoms with van der Waals surface area (Å²) in [5.74, 6) is 0. The van der Waals surface area contributed by atoms with E-state index in [1.165, 1.54) is 0 Å². The van der Waals surface area contributed by atoms with E-state index < -0.39 is 0 Å². The minimum absolute atomic E-state index is 0.501. The number of aromatic nitrogens is 4. The van der Waals surface area contributed by atoms with Gasteiger partial charge in [0.2, 0.25) is 0 Å². The molecule has 114 valence electrons. The second-order valence-electron chi connectivity index (χ2n) is 5.69. The first kappa shape index (κ1) is 13.0. The summed E-state index contributed by atoms with van der Waals surface area (Å²) in [6, 6.07) is 11.3. The number of anilines is 2. The second-order valence-corrected chi connectivity index (χ2v) is 5.69. The van der Waals surface area contributed by atoms with Crippen molar-refractivity contribution in [1.82, 2.24) is 19.9 Å². The molecule has 5 aromatic rings. The molecule has 6 heteroatoms. The summed E-state index contributed by atoms with van der Waals surface area (Å²) in [6.45, 7) is 0. The van der Waals surface area contributed by atoms with Gasteiger partial charge >= 0.3 is 0 Å². The first-order chi connectivity index (χ1) is 11.7. The second kappa shape index (κ2) is 4.48. The SMILES string of the molecule is Nc1cc2nc3c4cccnc4c4ncccc4c3nc2cc1N. The molecule has 0 bridgehead atoms. The highest BCUT2D eigenvalue weighted by atomic mass is 14.8. The minimum atomic E-state index is 0.501. The topological polar surface area (TPSA) is 104 Å². The molecule has 6 nitrogen and oxygen atoms in total. The Morgan fingerprint density at radius 1 is 0.625 bits per heavy atom. The van der Waals surface area contributed by atoms with Crippen LogP contribution in [0.5, 0.6) is 0 Å². The van der Waals surface area contributed by atoms with Gasteiger partial charge < -0.3 is 11.5 Å². The zero-order chi connectivity index (χ0) is 16.3. The Hall–Kier alpha value is -3.54. The fourth-order valence-corrected chi connectivity index (χ4v) is 3.08. The first-order valence-electron chi connectivity index (χ1n) is 7.50. The molecular weight excluding hydrogens is 300 g/mol. The van der Waals surface area contributed by atoms with E-state index in [9.17, 15) is 0 Å². The molecule has 0 spiro atoms. The van der Waals surface area contributed by atoms with Crippen LogP contribution in [-0.2, 0) is 0 Å². The Balaban J connectivity index is 2.11. The lowest BCUT2D eigenvalue weighted by Gasteiger charge is -2.09. The van der Waals surface area contributed by atoms with Crippen molar-refractivity contribution in [3.05, 3.63) is 48.8 Å². The normalized spacial score (nSPS) is 11.7. The molecule has 0 aliphatic heterocycles. The van der Waals surface area contributed by atoms with Gasteiger partial charge in [0.15, 0.2) is 0 Å². The lowest BCUT2D eigenvalue weighted by molar-refractivity contribution is 1.36. The number of nitrogens with two attached hydrogens (primary N) is 2. The van der Waals surface area contributed by atoms with Crippen LogP contribution in [0, 0.1) is 0 Å². The monoisotopic (exact) mass is 312 g/mol. The van der Waals surface area contributed by atoms with Crippen molar-refractivity contribution in [3.8, 4) is 0 Å². The number of pyridine rings is 2. The highest BCUT2D eigenvalue weighted by Crippen LogP contribution is 2.32. The van der Waals surface area contributed by atoms with Crippen LogP contribution in [0.15, 0.2) is 48.8 Å². The Morgan fingerprint density at radius 3 is 1.54 bits per heavy atom. The van der Waals surface area contributed by atoms with Crippen LogP contribution in [0.3, 0.4) is 0 Å². The van der Waals surface area contributed by atoms with Gasteiger partial charge in [-0.3, -0.25) is 9.97 Å². The average Bonchev–Trinajstić information content (AvgIpc) is 2.62. The highest BCUT2D eigenvalue weighted by Gasteiger charge is 2.14. The summed E-state index contributed by atoms with van der Waals surface area (Å²) in [5.41, 5.74) is 17.5. The summed E-state index contributed by atoms with van der Waals surface area (Å²) < 4.78 is 0. The number of hydrogen-bond donors (Lipinski definition) is 2. The Labute approximate surface area is 136 Å². The van der Waals surface area contributed by atoms with Gasteiger partial charge in [-0.15, -0.1) is 0 Å². The van der Waals surface area contributed by atoms with Crippen LogP contribution < -0.4 is 11.5 Å². The van der Waals surface area contributed by atoms with Gasteiger partial charge in [0.1, 0.15) is 0 Å². The summed E-state index contributed by atoms with van der Waals surface area (Å²) in [5, 5.41) is 1.84. The molecular formula is C18H12N6. The largest absolute Gasteiger partial charge is 0.397 e. The number of benzene rings is 2. The Bertz CT molecular complexity index is 1180. The molecule has 3 aromatic heterocycles. The molecule has 0 aliphatic carbocycles. The van der Waals surface area contributed by atoms with E-state index in [-0.39, 0.29) is 0 Å². The van der Waals surface area contributed by atoms with Crippen molar-refractivity contribution in [2.45, 2.75) is 0 Å². The van der Waals surface area contributed by atoms with Gasteiger partial charge in [-0.05, 0) is 36.4 Å². The molecule has 0 amide bonds. The summed E-state index contributed by atoms with van der Waals surface area (Å²) in [6.07, 6.45) is 3.52. The van der Waals surface area contributed by atoms with E-state index in [1.54, 1.807) is 24.5 Å². The zero-order valence-corrected chi connectivity index (χ0v) is 12.6. The standard InChI is InChI=1S/C18H12N6/c19-11-7-13-14(8-12(11)20)24-18-10-4-2-6-22-16(10)15-9(17(18)23-13)3-1-5-21-15/h1-8H,19-20H2. The first-order valence-corrected chi connectivity index (χ1v) is 7.50. The molecule has 24 heavy (non-hydrogen) atoms. The molecule has 0 aliphatic rings. The average molecular weight is 312 g/mol. The van der Waals surface area contributed by atoms with E-state index in [2.05, 4.69) is 9.97 Å². The van der Waals surface area contributed by atoms with Crippen molar-refractivity contribution in [3.63, 3.8) is 0 Å². The third-order valence-electron chi connectivity index (χ3n) is 4.22. The molecule has 0 saturated heterocycles. The Morgan fingerprint density at radius 2 is 1.08 bits per heavy atom. The number of hydrogen-bond acceptors (Lipinski definition) is 6. The van der Waals surface area contributed by atoms with E-state index in [4.69, 9.17) is 21.4 Å². The fourth-order valence-electron chi connectivity index (χ4n) is 3.08. The van der Waals surface area contributed by atoms with Crippen LogP contribution in [0.25, 0.3) is 43.9 Å². The quantitative estimate of drug-likeness (QED) is 0.259. The van der Waals surface area contributed by atoms with Gasteiger partial charge in [-0.25, -0.2) is 9.97 Å². The molecule has 0 radical (unpaired) electrons. The molecule has 0 fully saturated rings. The molecule has 0 unspecified atom stereocenters. The number of nitrogen functional groups attached to an aromatic ring is 2. The molecule has 0 atom stereocenters. The summed E-state index contributed by atoms with van der Waals surface area (Å²) >= 11 is 0. The third-order valence-corrected chi connectivity index (χ3v) is 4.22. The van der Waals surface area contributed by atoms with Crippen molar-refractivity contribution in [2.24, 2.45) is 0 Å². The van der Waals surface area contributed by atoms with E-state index >= 15 is 0 Å². The Kier molecular flexibility index (Phi) is 2.42. The maximum Gasteiger partial charge on any atom is 0.0996 e. The molecule has 5 rings (SSSR count). The van der Waals surface area contributed by atoms with Gasteiger partial charge in [0.25, 0.3) is 0 Å². The number of rotatable bonds is 0. The van der Waals surface area contributed by atoms with E-state index in [0.29, 0.717) is 22.4 Å². The van der Waals surface area contributed by atoms with Crippen LogP contribution in [-0.4, -0.2) is 19.9 Å². The fraction of sp³-hybridized carbons (Fsp3) is 0. The van der Waals surface area contributed by atoms with Crippen LogP contribution in [0.2, 0.25) is 0 Å². The minimum Gasteiger partial charge on any atom is -0.397 e. The van der Waals surface area contributed by atoms with Crippen molar-refractivity contribution >= 4 is 55.2 Å².